The predicted octanol–water partition coefficient (Wildman–Crippen LogP) is 3.09. The van der Waals surface area contributed by atoms with Gasteiger partial charge in [-0.25, -0.2) is 4.98 Å². The molecule has 1 fully saturated rings. The van der Waals surface area contributed by atoms with Crippen LogP contribution in [0.4, 0.5) is 0 Å². The maximum absolute atomic E-state index is 12.7. The standard InChI is InChI=1S/C15H25N3O2S.2ClH/c1-5-10(12-17-7-8-21-12)18-13(19)15(16)9-11(20-6-2)14(15,3)4;;/h7-8,10-11H,5-6,9,16H2,1-4H3,(H,18,19);2*1H. The van der Waals surface area contributed by atoms with Gasteiger partial charge in [-0.2, -0.15) is 0 Å². The lowest BCUT2D eigenvalue weighted by Gasteiger charge is -2.57. The Kier molecular flexibility index (Phi) is 8.47. The molecule has 2 rings (SSSR count). The molecule has 1 heterocycles. The Morgan fingerprint density at radius 1 is 1.52 bits per heavy atom. The highest BCUT2D eigenvalue weighted by Crippen LogP contribution is 2.50. The van der Waals surface area contributed by atoms with Crippen molar-refractivity contribution in [1.29, 1.82) is 0 Å². The van der Waals surface area contributed by atoms with Gasteiger partial charge in [0.05, 0.1) is 12.1 Å². The number of thiazole rings is 1. The Morgan fingerprint density at radius 3 is 2.61 bits per heavy atom. The van der Waals surface area contributed by atoms with Gasteiger partial charge in [-0.1, -0.05) is 20.8 Å². The summed E-state index contributed by atoms with van der Waals surface area (Å²) >= 11 is 1.55. The van der Waals surface area contributed by atoms with Gasteiger partial charge in [-0.15, -0.1) is 36.2 Å². The van der Waals surface area contributed by atoms with Crippen LogP contribution < -0.4 is 11.1 Å². The largest absolute Gasteiger partial charge is 0.378 e. The summed E-state index contributed by atoms with van der Waals surface area (Å²) < 4.78 is 5.67. The van der Waals surface area contributed by atoms with Crippen molar-refractivity contribution >= 4 is 42.1 Å². The van der Waals surface area contributed by atoms with E-state index in [0.717, 1.165) is 11.4 Å². The van der Waals surface area contributed by atoms with E-state index in [1.54, 1.807) is 17.5 Å². The number of ether oxygens (including phenoxy) is 1. The van der Waals surface area contributed by atoms with Gasteiger partial charge in [0.15, 0.2) is 0 Å². The number of nitrogens with two attached hydrogens (primary N) is 1. The van der Waals surface area contributed by atoms with Crippen LogP contribution in [0.3, 0.4) is 0 Å². The summed E-state index contributed by atoms with van der Waals surface area (Å²) in [6.07, 6.45) is 3.16. The van der Waals surface area contributed by atoms with Gasteiger partial charge in [-0.05, 0) is 13.3 Å². The molecule has 0 aromatic carbocycles. The Labute approximate surface area is 154 Å². The molecule has 3 atom stereocenters. The fraction of sp³-hybridized carbons (Fsp3) is 0.733. The number of halogens is 2. The van der Waals surface area contributed by atoms with Crippen molar-refractivity contribution in [3.05, 3.63) is 16.6 Å². The van der Waals surface area contributed by atoms with E-state index in [0.29, 0.717) is 13.0 Å². The third kappa shape index (κ3) is 3.99. The van der Waals surface area contributed by atoms with Gasteiger partial charge < -0.3 is 15.8 Å². The molecule has 1 aliphatic rings. The normalized spacial score (nSPS) is 26.2. The lowest BCUT2D eigenvalue weighted by molar-refractivity contribution is -0.171. The predicted molar refractivity (Wildman–Crippen MR) is 98.5 cm³/mol. The number of carbonyl (C=O) groups is 1. The minimum absolute atomic E-state index is 0. The monoisotopic (exact) mass is 383 g/mol. The number of hydrogen-bond donors (Lipinski definition) is 2. The van der Waals surface area contributed by atoms with Crippen LogP contribution in [0.15, 0.2) is 11.6 Å². The zero-order chi connectivity index (χ0) is 15.7. The van der Waals surface area contributed by atoms with E-state index in [-0.39, 0.29) is 48.3 Å². The number of carbonyl (C=O) groups excluding carboxylic acids is 1. The van der Waals surface area contributed by atoms with Crippen molar-refractivity contribution in [2.24, 2.45) is 11.1 Å². The van der Waals surface area contributed by atoms with Gasteiger partial charge in [0.1, 0.15) is 10.5 Å². The van der Waals surface area contributed by atoms with E-state index in [9.17, 15) is 4.79 Å². The smallest absolute Gasteiger partial charge is 0.241 e. The van der Waals surface area contributed by atoms with Crippen molar-refractivity contribution < 1.29 is 9.53 Å². The molecule has 8 heteroatoms. The highest BCUT2D eigenvalue weighted by molar-refractivity contribution is 7.09. The summed E-state index contributed by atoms with van der Waals surface area (Å²) in [6, 6.07) is -0.0696. The summed E-state index contributed by atoms with van der Waals surface area (Å²) in [7, 11) is 0. The maximum atomic E-state index is 12.7. The molecule has 1 aliphatic carbocycles. The van der Waals surface area contributed by atoms with Crippen molar-refractivity contribution in [1.82, 2.24) is 10.3 Å². The Balaban J connectivity index is 0.00000242. The van der Waals surface area contributed by atoms with E-state index in [2.05, 4.69) is 10.3 Å². The van der Waals surface area contributed by atoms with Crippen LogP contribution in [-0.2, 0) is 9.53 Å². The molecule has 5 nitrogen and oxygen atoms in total. The van der Waals surface area contributed by atoms with E-state index in [1.165, 1.54) is 0 Å². The Hall–Kier alpha value is -0.400. The lowest BCUT2D eigenvalue weighted by atomic mass is 9.54. The second-order valence-electron chi connectivity index (χ2n) is 6.15. The first kappa shape index (κ1) is 22.6. The third-order valence-corrected chi connectivity index (χ3v) is 5.59. The Morgan fingerprint density at radius 2 is 2.17 bits per heavy atom. The van der Waals surface area contributed by atoms with Gasteiger partial charge >= 0.3 is 0 Å². The quantitative estimate of drug-likeness (QED) is 0.790. The summed E-state index contributed by atoms with van der Waals surface area (Å²) in [5.74, 6) is -0.106. The number of nitrogens with zero attached hydrogens (tertiary/aromatic N) is 1. The van der Waals surface area contributed by atoms with Gasteiger partial charge in [-0.3, -0.25) is 4.79 Å². The first-order chi connectivity index (χ1) is 9.86. The molecule has 0 radical (unpaired) electrons. The SMILES string of the molecule is CCOC1CC(N)(C(=O)NC(CC)c2nccs2)C1(C)C.Cl.Cl. The molecule has 1 amide bonds. The molecule has 1 aromatic rings. The Bertz CT molecular complexity index is 499. The van der Waals surface area contributed by atoms with Crippen molar-refractivity contribution in [2.45, 2.75) is 58.2 Å². The van der Waals surface area contributed by atoms with Crippen LogP contribution in [0.2, 0.25) is 0 Å². The zero-order valence-electron chi connectivity index (χ0n) is 14.0. The fourth-order valence-electron chi connectivity index (χ4n) is 2.85. The second kappa shape index (κ2) is 8.62. The van der Waals surface area contributed by atoms with E-state index >= 15 is 0 Å². The molecule has 1 saturated carbocycles. The summed E-state index contributed by atoms with van der Waals surface area (Å²) in [5.41, 5.74) is 5.15. The van der Waals surface area contributed by atoms with Crippen LogP contribution in [0.1, 0.15) is 51.6 Å². The molecule has 0 aliphatic heterocycles. The summed E-state index contributed by atoms with van der Waals surface area (Å²) in [6.45, 7) is 8.64. The van der Waals surface area contributed by atoms with Gasteiger partial charge in [0.2, 0.25) is 5.91 Å². The van der Waals surface area contributed by atoms with Crippen molar-refractivity contribution in [2.75, 3.05) is 6.61 Å². The maximum Gasteiger partial charge on any atom is 0.241 e. The molecule has 0 bridgehead atoms. The van der Waals surface area contributed by atoms with E-state index in [1.807, 2.05) is 33.1 Å². The van der Waals surface area contributed by atoms with Crippen molar-refractivity contribution in [3.8, 4) is 0 Å². The van der Waals surface area contributed by atoms with Crippen LogP contribution in [0, 0.1) is 5.41 Å². The number of aromatic nitrogens is 1. The van der Waals surface area contributed by atoms with E-state index in [4.69, 9.17) is 10.5 Å². The molecule has 3 N–H and O–H groups in total. The molecule has 1 aromatic heterocycles. The second-order valence-corrected chi connectivity index (χ2v) is 7.07. The van der Waals surface area contributed by atoms with Crippen LogP contribution in [0.25, 0.3) is 0 Å². The first-order valence-electron chi connectivity index (χ1n) is 7.47. The molecular weight excluding hydrogens is 357 g/mol. The third-order valence-electron chi connectivity index (χ3n) is 4.70. The molecule has 23 heavy (non-hydrogen) atoms. The first-order valence-corrected chi connectivity index (χ1v) is 8.35. The molecule has 3 unspecified atom stereocenters. The van der Waals surface area contributed by atoms with Crippen LogP contribution in [-0.4, -0.2) is 29.1 Å². The summed E-state index contributed by atoms with van der Waals surface area (Å²) in [4.78, 5) is 16.9. The topological polar surface area (TPSA) is 77.2 Å². The van der Waals surface area contributed by atoms with Crippen molar-refractivity contribution in [3.63, 3.8) is 0 Å². The lowest BCUT2D eigenvalue weighted by Crippen LogP contribution is -2.75. The highest BCUT2D eigenvalue weighted by Gasteiger charge is 2.63. The van der Waals surface area contributed by atoms with Crippen LogP contribution in [0.5, 0.6) is 0 Å². The molecule has 134 valence electrons. The number of hydrogen-bond acceptors (Lipinski definition) is 5. The zero-order valence-corrected chi connectivity index (χ0v) is 16.4. The van der Waals surface area contributed by atoms with Gasteiger partial charge in [0, 0.05) is 30.0 Å². The average molecular weight is 384 g/mol. The average Bonchev–Trinajstić information content (AvgIpc) is 2.97. The number of rotatable bonds is 6. The fourth-order valence-corrected chi connectivity index (χ4v) is 3.63. The van der Waals surface area contributed by atoms with Gasteiger partial charge in [0.25, 0.3) is 0 Å². The molecule has 0 spiro atoms. The minimum atomic E-state index is -0.877. The highest BCUT2D eigenvalue weighted by atomic mass is 35.5. The van der Waals surface area contributed by atoms with Crippen LogP contribution >= 0.6 is 36.2 Å². The minimum Gasteiger partial charge on any atom is -0.378 e. The summed E-state index contributed by atoms with van der Waals surface area (Å²) in [5, 5.41) is 5.90. The van der Waals surface area contributed by atoms with E-state index < -0.39 is 5.54 Å². The number of amides is 1. The molecular formula is C15H27Cl2N3O2S. The number of nitrogens with one attached hydrogen (secondary N) is 1. The molecule has 0 saturated heterocycles.